The molecule has 2 aromatic rings. The van der Waals surface area contributed by atoms with E-state index < -0.39 is 0 Å². The molecule has 17 heavy (non-hydrogen) atoms. The fourth-order valence-electron chi connectivity index (χ4n) is 2.06. The van der Waals surface area contributed by atoms with E-state index >= 15 is 0 Å². The van der Waals surface area contributed by atoms with Gasteiger partial charge in [0.1, 0.15) is 5.69 Å². The zero-order chi connectivity index (χ0) is 11.5. The highest BCUT2D eigenvalue weighted by Crippen LogP contribution is 2.21. The van der Waals surface area contributed by atoms with Gasteiger partial charge in [-0.2, -0.15) is 0 Å². The van der Waals surface area contributed by atoms with Crippen molar-refractivity contribution in [1.82, 2.24) is 15.6 Å². The first-order chi connectivity index (χ1) is 8.43. The topological polar surface area (TPSA) is 54.2 Å². The van der Waals surface area contributed by atoms with Gasteiger partial charge in [0, 0.05) is 37.4 Å². The molecular weight excluding hydrogens is 216 g/mol. The van der Waals surface area contributed by atoms with Crippen molar-refractivity contribution in [1.29, 1.82) is 0 Å². The summed E-state index contributed by atoms with van der Waals surface area (Å²) in [7, 11) is 0. The number of anilines is 1. The lowest BCUT2D eigenvalue weighted by Gasteiger charge is -2.29. The van der Waals surface area contributed by atoms with Crippen molar-refractivity contribution in [2.75, 3.05) is 31.1 Å². The molecule has 0 unspecified atom stereocenters. The predicted molar refractivity (Wildman–Crippen MR) is 64.8 cm³/mol. The number of aromatic nitrogens is 2. The second-order valence-corrected chi connectivity index (χ2v) is 4.08. The zero-order valence-electron chi connectivity index (χ0n) is 9.47. The molecular formula is C12H14N4O. The van der Waals surface area contributed by atoms with Crippen molar-refractivity contribution in [3.8, 4) is 11.3 Å². The second-order valence-electron chi connectivity index (χ2n) is 4.08. The van der Waals surface area contributed by atoms with Gasteiger partial charge in [0.15, 0.2) is 0 Å². The third kappa shape index (κ3) is 2.14. The van der Waals surface area contributed by atoms with Gasteiger partial charge in [0.25, 0.3) is 0 Å². The van der Waals surface area contributed by atoms with Gasteiger partial charge >= 0.3 is 0 Å². The molecule has 2 heterocycles. The zero-order valence-corrected chi connectivity index (χ0v) is 9.47. The first-order valence-corrected chi connectivity index (χ1v) is 5.77. The Morgan fingerprint density at radius 2 is 1.88 bits per heavy atom. The molecule has 1 N–H and O–H groups in total. The lowest BCUT2D eigenvalue weighted by molar-refractivity contribution is 0.308. The fraction of sp³-hybridized carbons (Fsp3) is 0.333. The Bertz CT molecular complexity index is 460. The Morgan fingerprint density at radius 1 is 1.12 bits per heavy atom. The van der Waals surface area contributed by atoms with Gasteiger partial charge in [0.05, 0.1) is 6.20 Å². The minimum atomic E-state index is 0.775. The maximum absolute atomic E-state index is 4.60. The first kappa shape index (κ1) is 10.3. The maximum atomic E-state index is 4.60. The van der Waals surface area contributed by atoms with E-state index in [-0.39, 0.29) is 0 Å². The van der Waals surface area contributed by atoms with Gasteiger partial charge in [-0.05, 0) is 17.3 Å². The highest BCUT2D eigenvalue weighted by atomic mass is 16.6. The molecule has 1 aliphatic rings. The van der Waals surface area contributed by atoms with E-state index in [1.807, 2.05) is 0 Å². The van der Waals surface area contributed by atoms with Crippen LogP contribution in [0.2, 0.25) is 0 Å². The maximum Gasteiger partial charge on any atom is 0.135 e. The molecule has 0 amide bonds. The summed E-state index contributed by atoms with van der Waals surface area (Å²) in [4.78, 5) is 2.38. The van der Waals surface area contributed by atoms with Crippen LogP contribution in [0.1, 0.15) is 0 Å². The molecule has 1 aliphatic heterocycles. The molecule has 0 aliphatic carbocycles. The Morgan fingerprint density at radius 3 is 2.53 bits per heavy atom. The molecule has 1 fully saturated rings. The van der Waals surface area contributed by atoms with Gasteiger partial charge in [-0.3, -0.25) is 0 Å². The summed E-state index contributed by atoms with van der Waals surface area (Å²) in [5.41, 5.74) is 3.06. The normalized spacial score (nSPS) is 16.1. The summed E-state index contributed by atoms with van der Waals surface area (Å²) >= 11 is 0. The average Bonchev–Trinajstić information content (AvgIpc) is 2.94. The van der Waals surface area contributed by atoms with E-state index in [0.717, 1.165) is 37.4 Å². The molecule has 1 aromatic heterocycles. The lowest BCUT2D eigenvalue weighted by atomic mass is 10.1. The third-order valence-corrected chi connectivity index (χ3v) is 3.01. The van der Waals surface area contributed by atoms with Crippen molar-refractivity contribution in [2.24, 2.45) is 0 Å². The van der Waals surface area contributed by atoms with Crippen molar-refractivity contribution < 1.29 is 4.63 Å². The van der Waals surface area contributed by atoms with Crippen LogP contribution in [-0.4, -0.2) is 36.5 Å². The number of benzene rings is 1. The Balaban J connectivity index is 1.80. The molecule has 5 heteroatoms. The van der Waals surface area contributed by atoms with Gasteiger partial charge in [-0.1, -0.05) is 17.3 Å². The molecule has 0 radical (unpaired) electrons. The van der Waals surface area contributed by atoms with Crippen molar-refractivity contribution in [3.63, 3.8) is 0 Å². The number of piperazine rings is 1. The average molecular weight is 230 g/mol. The summed E-state index contributed by atoms with van der Waals surface area (Å²) in [6.45, 7) is 4.22. The van der Waals surface area contributed by atoms with Gasteiger partial charge < -0.3 is 10.2 Å². The minimum absolute atomic E-state index is 0.775. The Hall–Kier alpha value is -1.88. The minimum Gasteiger partial charge on any atom is -0.369 e. The van der Waals surface area contributed by atoms with Crippen molar-refractivity contribution in [2.45, 2.75) is 0 Å². The van der Waals surface area contributed by atoms with Crippen LogP contribution in [0, 0.1) is 0 Å². The number of rotatable bonds is 2. The molecule has 1 aromatic carbocycles. The van der Waals surface area contributed by atoms with E-state index in [1.54, 1.807) is 6.20 Å². The lowest BCUT2D eigenvalue weighted by Crippen LogP contribution is -2.43. The summed E-state index contributed by atoms with van der Waals surface area (Å²) in [6.07, 6.45) is 1.62. The van der Waals surface area contributed by atoms with Crippen LogP contribution in [0.15, 0.2) is 35.1 Å². The largest absolute Gasteiger partial charge is 0.369 e. The van der Waals surface area contributed by atoms with Crippen LogP contribution in [0.3, 0.4) is 0 Å². The van der Waals surface area contributed by atoms with E-state index in [9.17, 15) is 0 Å². The van der Waals surface area contributed by atoms with Crippen LogP contribution >= 0.6 is 0 Å². The summed E-state index contributed by atoms with van der Waals surface area (Å²) in [5.74, 6) is 0. The molecule has 1 saturated heterocycles. The number of hydrogen-bond donors (Lipinski definition) is 1. The predicted octanol–water partition coefficient (Wildman–Crippen LogP) is 1.15. The number of hydrogen-bond acceptors (Lipinski definition) is 5. The SMILES string of the molecule is c1cc(N2CCNCC2)ccc1-c1cnon1. The number of nitrogens with zero attached hydrogens (tertiary/aromatic N) is 3. The molecule has 5 nitrogen and oxygen atoms in total. The van der Waals surface area contributed by atoms with Crippen molar-refractivity contribution in [3.05, 3.63) is 30.5 Å². The number of nitrogens with one attached hydrogen (secondary N) is 1. The molecule has 0 atom stereocenters. The van der Waals surface area contributed by atoms with E-state index in [0.29, 0.717) is 0 Å². The fourth-order valence-corrected chi connectivity index (χ4v) is 2.06. The molecule has 0 bridgehead atoms. The molecule has 88 valence electrons. The summed E-state index contributed by atoms with van der Waals surface area (Å²) in [5, 5.41) is 10.8. The van der Waals surface area contributed by atoms with E-state index in [4.69, 9.17) is 0 Å². The van der Waals surface area contributed by atoms with Gasteiger partial charge in [-0.15, -0.1) is 0 Å². The highest BCUT2D eigenvalue weighted by Gasteiger charge is 2.10. The Kier molecular flexibility index (Phi) is 2.75. The highest BCUT2D eigenvalue weighted by molar-refractivity contribution is 5.62. The van der Waals surface area contributed by atoms with Gasteiger partial charge in [-0.25, -0.2) is 4.63 Å². The standard InChI is InChI=1S/C12H14N4O/c1-3-11(16-7-5-13-6-8-16)4-2-10(1)12-9-14-17-15-12/h1-4,9,13H,5-8H2. The van der Waals surface area contributed by atoms with Crippen LogP contribution in [0.4, 0.5) is 5.69 Å². The van der Waals surface area contributed by atoms with Crippen LogP contribution < -0.4 is 10.2 Å². The summed E-state index contributed by atoms with van der Waals surface area (Å²) < 4.78 is 4.60. The third-order valence-electron chi connectivity index (χ3n) is 3.01. The first-order valence-electron chi connectivity index (χ1n) is 5.77. The Labute approximate surface area is 99.4 Å². The van der Waals surface area contributed by atoms with Crippen LogP contribution in [-0.2, 0) is 0 Å². The molecule has 3 rings (SSSR count). The monoisotopic (exact) mass is 230 g/mol. The van der Waals surface area contributed by atoms with Crippen LogP contribution in [0.25, 0.3) is 11.3 Å². The second kappa shape index (κ2) is 4.55. The van der Waals surface area contributed by atoms with Crippen molar-refractivity contribution >= 4 is 5.69 Å². The quantitative estimate of drug-likeness (QED) is 0.838. The van der Waals surface area contributed by atoms with Crippen LogP contribution in [0.5, 0.6) is 0 Å². The smallest absolute Gasteiger partial charge is 0.135 e. The van der Waals surface area contributed by atoms with E-state index in [1.165, 1.54) is 5.69 Å². The molecule has 0 saturated carbocycles. The van der Waals surface area contributed by atoms with Gasteiger partial charge in [0.2, 0.25) is 0 Å². The van der Waals surface area contributed by atoms with E-state index in [2.05, 4.69) is 49.4 Å². The summed E-state index contributed by atoms with van der Waals surface area (Å²) in [6, 6.07) is 8.35. The molecule has 0 spiro atoms.